The predicted octanol–water partition coefficient (Wildman–Crippen LogP) is 2.95. The van der Waals surface area contributed by atoms with Gasteiger partial charge in [-0.2, -0.15) is 0 Å². The van der Waals surface area contributed by atoms with Crippen LogP contribution in [0, 0.1) is 5.92 Å². The zero-order valence-corrected chi connectivity index (χ0v) is 13.6. The first-order chi connectivity index (χ1) is 9.99. The Bertz CT molecular complexity index is 549. The van der Waals surface area contributed by atoms with Crippen molar-refractivity contribution in [3.63, 3.8) is 0 Å². The van der Waals surface area contributed by atoms with Crippen LogP contribution in [0.1, 0.15) is 53.1 Å². The number of ketones is 1. The van der Waals surface area contributed by atoms with Crippen LogP contribution in [0.4, 0.5) is 10.7 Å². The van der Waals surface area contributed by atoms with Gasteiger partial charge in [0.25, 0.3) is 0 Å². The molecule has 1 fully saturated rings. The van der Waals surface area contributed by atoms with Crippen molar-refractivity contribution in [1.82, 2.24) is 0 Å². The number of nitrogen functional groups attached to an aromatic ring is 1. The standard InChI is InChI=1S/C15H22N2O3S/c1-4-17(8-10-6-5-7-10)14-11(15(19)20-3)12(16)13(21-14)9(2)18/h10H,4-8,16H2,1-3H3. The first-order valence-electron chi connectivity index (χ1n) is 7.26. The van der Waals surface area contributed by atoms with Gasteiger partial charge in [0.1, 0.15) is 10.6 Å². The summed E-state index contributed by atoms with van der Waals surface area (Å²) in [7, 11) is 1.33. The number of methoxy groups -OCH3 is 1. The normalized spacial score (nSPS) is 14.6. The molecule has 116 valence electrons. The second kappa shape index (κ2) is 6.47. The summed E-state index contributed by atoms with van der Waals surface area (Å²) in [6.45, 7) is 5.19. The van der Waals surface area contributed by atoms with Gasteiger partial charge < -0.3 is 15.4 Å². The van der Waals surface area contributed by atoms with Gasteiger partial charge in [-0.05, 0) is 25.7 Å². The molecule has 1 aliphatic rings. The Morgan fingerprint density at radius 2 is 2.10 bits per heavy atom. The van der Waals surface area contributed by atoms with Gasteiger partial charge in [0, 0.05) is 20.0 Å². The van der Waals surface area contributed by atoms with Crippen molar-refractivity contribution in [3.05, 3.63) is 10.4 Å². The van der Waals surface area contributed by atoms with Gasteiger partial charge >= 0.3 is 5.97 Å². The summed E-state index contributed by atoms with van der Waals surface area (Å²) >= 11 is 1.30. The smallest absolute Gasteiger partial charge is 0.343 e. The summed E-state index contributed by atoms with van der Waals surface area (Å²) in [6.07, 6.45) is 3.73. The maximum Gasteiger partial charge on any atom is 0.343 e. The molecule has 0 amide bonds. The Kier molecular flexibility index (Phi) is 4.88. The summed E-state index contributed by atoms with van der Waals surface area (Å²) < 4.78 is 4.84. The van der Waals surface area contributed by atoms with E-state index >= 15 is 0 Å². The third kappa shape index (κ3) is 3.05. The number of ether oxygens (including phenoxy) is 1. The van der Waals surface area contributed by atoms with Crippen LogP contribution >= 0.6 is 11.3 Å². The molecular weight excluding hydrogens is 288 g/mol. The Morgan fingerprint density at radius 3 is 2.52 bits per heavy atom. The molecule has 2 rings (SSSR count). The molecule has 0 aromatic carbocycles. The lowest BCUT2D eigenvalue weighted by Gasteiger charge is -2.32. The topological polar surface area (TPSA) is 72.6 Å². The highest BCUT2D eigenvalue weighted by Gasteiger charge is 2.29. The van der Waals surface area contributed by atoms with E-state index in [4.69, 9.17) is 10.5 Å². The number of esters is 1. The van der Waals surface area contributed by atoms with Gasteiger partial charge in [0.15, 0.2) is 5.78 Å². The van der Waals surface area contributed by atoms with Crippen molar-refractivity contribution in [1.29, 1.82) is 0 Å². The van der Waals surface area contributed by atoms with Crippen LogP contribution in [-0.4, -0.2) is 32.0 Å². The molecule has 1 heterocycles. The average Bonchev–Trinajstić information content (AvgIpc) is 2.75. The van der Waals surface area contributed by atoms with Crippen molar-refractivity contribution in [2.45, 2.75) is 33.1 Å². The van der Waals surface area contributed by atoms with Crippen LogP contribution in [-0.2, 0) is 4.74 Å². The largest absolute Gasteiger partial charge is 0.465 e. The number of hydrogen-bond acceptors (Lipinski definition) is 6. The Hall–Kier alpha value is -1.56. The van der Waals surface area contributed by atoms with Gasteiger partial charge in [-0.25, -0.2) is 4.79 Å². The van der Waals surface area contributed by atoms with E-state index in [1.165, 1.54) is 44.6 Å². The molecule has 0 unspecified atom stereocenters. The fourth-order valence-corrected chi connectivity index (χ4v) is 3.73. The third-order valence-corrected chi connectivity index (χ3v) is 5.38. The fraction of sp³-hybridized carbons (Fsp3) is 0.600. The fourth-order valence-electron chi connectivity index (χ4n) is 2.56. The van der Waals surface area contributed by atoms with Crippen LogP contribution in [0.5, 0.6) is 0 Å². The first-order valence-corrected chi connectivity index (χ1v) is 8.07. The molecule has 1 aliphatic carbocycles. The number of nitrogens with zero attached hydrogens (tertiary/aromatic N) is 1. The third-order valence-electron chi connectivity index (χ3n) is 4.01. The van der Waals surface area contributed by atoms with E-state index in [-0.39, 0.29) is 11.5 Å². The molecule has 0 saturated heterocycles. The van der Waals surface area contributed by atoms with Crippen molar-refractivity contribution in [3.8, 4) is 0 Å². The molecule has 0 bridgehead atoms. The Morgan fingerprint density at radius 1 is 1.43 bits per heavy atom. The molecule has 2 N–H and O–H groups in total. The van der Waals surface area contributed by atoms with Crippen molar-refractivity contribution in [2.75, 3.05) is 30.8 Å². The molecule has 5 nitrogen and oxygen atoms in total. The van der Waals surface area contributed by atoms with E-state index in [0.717, 1.165) is 18.1 Å². The minimum Gasteiger partial charge on any atom is -0.465 e. The van der Waals surface area contributed by atoms with Crippen LogP contribution in [0.25, 0.3) is 0 Å². The van der Waals surface area contributed by atoms with Gasteiger partial charge in [-0.1, -0.05) is 6.42 Å². The number of Topliss-reactive ketones (excluding diaryl/α,β-unsaturated/α-hetero) is 1. The van der Waals surface area contributed by atoms with Crippen molar-refractivity contribution >= 4 is 33.8 Å². The van der Waals surface area contributed by atoms with Gasteiger partial charge in [0.05, 0.1) is 17.7 Å². The van der Waals surface area contributed by atoms with E-state index in [9.17, 15) is 9.59 Å². The molecule has 0 spiro atoms. The lowest BCUT2D eigenvalue weighted by Crippen LogP contribution is -2.32. The monoisotopic (exact) mass is 310 g/mol. The van der Waals surface area contributed by atoms with Crippen LogP contribution in [0.2, 0.25) is 0 Å². The molecule has 1 saturated carbocycles. The molecule has 6 heteroatoms. The number of anilines is 2. The molecule has 0 aliphatic heterocycles. The van der Waals surface area contributed by atoms with Gasteiger partial charge in [0.2, 0.25) is 0 Å². The van der Waals surface area contributed by atoms with Crippen molar-refractivity contribution < 1.29 is 14.3 Å². The minimum atomic E-state index is -0.474. The minimum absolute atomic E-state index is 0.117. The van der Waals surface area contributed by atoms with E-state index in [0.29, 0.717) is 16.4 Å². The highest BCUT2D eigenvalue weighted by atomic mass is 32.1. The summed E-state index contributed by atoms with van der Waals surface area (Å²) in [5.41, 5.74) is 6.61. The summed E-state index contributed by atoms with van der Waals surface area (Å²) in [4.78, 5) is 26.3. The number of thiophene rings is 1. The summed E-state index contributed by atoms with van der Waals surface area (Å²) in [5.74, 6) is 0.0754. The number of nitrogens with two attached hydrogens (primary N) is 1. The number of carbonyl (C=O) groups is 2. The second-order valence-corrected chi connectivity index (χ2v) is 6.41. The Balaban J connectivity index is 2.40. The van der Waals surface area contributed by atoms with E-state index < -0.39 is 5.97 Å². The maximum absolute atomic E-state index is 12.0. The van der Waals surface area contributed by atoms with E-state index in [1.807, 2.05) is 6.92 Å². The highest BCUT2D eigenvalue weighted by Crippen LogP contribution is 2.40. The second-order valence-electron chi connectivity index (χ2n) is 5.41. The molecular formula is C15H22N2O3S. The lowest BCUT2D eigenvalue weighted by molar-refractivity contribution is 0.0603. The van der Waals surface area contributed by atoms with Crippen molar-refractivity contribution in [2.24, 2.45) is 5.92 Å². The summed E-state index contributed by atoms with van der Waals surface area (Å²) in [6, 6.07) is 0. The first kappa shape index (κ1) is 15.8. The van der Waals surface area contributed by atoms with E-state index in [1.54, 1.807) is 0 Å². The number of rotatable bonds is 6. The van der Waals surface area contributed by atoms with Crippen LogP contribution in [0.15, 0.2) is 0 Å². The lowest BCUT2D eigenvalue weighted by atomic mass is 9.85. The summed E-state index contributed by atoms with van der Waals surface area (Å²) in [5, 5.41) is 0.763. The predicted molar refractivity (Wildman–Crippen MR) is 85.3 cm³/mol. The SMILES string of the molecule is CCN(CC1CCC1)c1sc(C(C)=O)c(N)c1C(=O)OC. The van der Waals surface area contributed by atoms with E-state index in [2.05, 4.69) is 4.90 Å². The Labute approximate surface area is 129 Å². The van der Waals surface area contributed by atoms with Gasteiger partial charge in [-0.15, -0.1) is 11.3 Å². The molecule has 0 radical (unpaired) electrons. The quantitative estimate of drug-likeness (QED) is 0.646. The molecule has 1 aromatic heterocycles. The van der Waals surface area contributed by atoms with Gasteiger partial charge in [-0.3, -0.25) is 4.79 Å². The maximum atomic E-state index is 12.0. The zero-order chi connectivity index (χ0) is 15.6. The average molecular weight is 310 g/mol. The molecule has 0 atom stereocenters. The number of carbonyl (C=O) groups excluding carboxylic acids is 2. The number of hydrogen-bond donors (Lipinski definition) is 1. The highest BCUT2D eigenvalue weighted by molar-refractivity contribution is 7.19. The molecule has 21 heavy (non-hydrogen) atoms. The zero-order valence-electron chi connectivity index (χ0n) is 12.8. The van der Waals surface area contributed by atoms with Crippen LogP contribution < -0.4 is 10.6 Å². The molecule has 1 aromatic rings. The van der Waals surface area contributed by atoms with Crippen LogP contribution in [0.3, 0.4) is 0 Å².